The zero-order valence-corrected chi connectivity index (χ0v) is 9.30. The molecule has 1 saturated carbocycles. The summed E-state index contributed by atoms with van der Waals surface area (Å²) in [6.45, 7) is 0. The minimum absolute atomic E-state index is 0.404. The van der Waals surface area contributed by atoms with Gasteiger partial charge < -0.3 is 0 Å². The Morgan fingerprint density at radius 1 is 1.12 bits per heavy atom. The Hall–Kier alpha value is -1.63. The van der Waals surface area contributed by atoms with E-state index in [4.69, 9.17) is 0 Å². The Balaban J connectivity index is 1.85. The Kier molecular flexibility index (Phi) is 3.71. The minimum atomic E-state index is 0.404. The van der Waals surface area contributed by atoms with Gasteiger partial charge in [0.1, 0.15) is 5.78 Å². The van der Waals surface area contributed by atoms with Crippen LogP contribution < -0.4 is 0 Å². The summed E-state index contributed by atoms with van der Waals surface area (Å²) in [7, 11) is 0. The maximum Gasteiger partial charge on any atom is 0.133 e. The van der Waals surface area contributed by atoms with E-state index in [9.17, 15) is 4.79 Å². The maximum atomic E-state index is 11.1. The molecular weight excluding hydrogens is 196 g/mol. The molecule has 2 rings (SSSR count). The Labute approximate surface area is 96.5 Å². The van der Waals surface area contributed by atoms with Gasteiger partial charge in [0.15, 0.2) is 0 Å². The lowest BCUT2D eigenvalue weighted by Gasteiger charge is -1.96. The minimum Gasteiger partial charge on any atom is -0.300 e. The van der Waals surface area contributed by atoms with Gasteiger partial charge in [-0.1, -0.05) is 54.6 Å². The highest BCUT2D eigenvalue weighted by Gasteiger charge is 2.18. The van der Waals surface area contributed by atoms with E-state index >= 15 is 0 Å². The molecule has 0 saturated heterocycles. The molecule has 1 aliphatic rings. The lowest BCUT2D eigenvalue weighted by atomic mass is 10.1. The lowest BCUT2D eigenvalue weighted by Crippen LogP contribution is -1.89. The molecule has 0 bridgehead atoms. The van der Waals surface area contributed by atoms with Crippen LogP contribution in [0.1, 0.15) is 24.8 Å². The Bertz CT molecular complexity index is 401. The van der Waals surface area contributed by atoms with Crippen LogP contribution in [0.4, 0.5) is 0 Å². The summed E-state index contributed by atoms with van der Waals surface area (Å²) >= 11 is 0. The third-order valence-electron chi connectivity index (χ3n) is 2.87. The summed E-state index contributed by atoms with van der Waals surface area (Å²) in [5.41, 5.74) is 1.20. The van der Waals surface area contributed by atoms with Crippen molar-refractivity contribution < 1.29 is 4.79 Å². The summed E-state index contributed by atoms with van der Waals surface area (Å²) in [5.74, 6) is 0.870. The molecule has 1 aromatic rings. The average molecular weight is 212 g/mol. The van der Waals surface area contributed by atoms with Crippen LogP contribution in [-0.4, -0.2) is 5.78 Å². The number of ketones is 1. The van der Waals surface area contributed by atoms with E-state index in [2.05, 4.69) is 30.4 Å². The van der Waals surface area contributed by atoms with Crippen LogP contribution in [0.5, 0.6) is 0 Å². The Morgan fingerprint density at radius 2 is 1.94 bits per heavy atom. The molecule has 0 N–H and O–H groups in total. The van der Waals surface area contributed by atoms with E-state index in [1.807, 2.05) is 24.3 Å². The van der Waals surface area contributed by atoms with E-state index in [-0.39, 0.29) is 0 Å². The zero-order valence-electron chi connectivity index (χ0n) is 9.30. The van der Waals surface area contributed by atoms with Crippen LogP contribution in [-0.2, 0) is 4.79 Å². The van der Waals surface area contributed by atoms with Gasteiger partial charge in [-0.15, -0.1) is 0 Å². The standard InChI is InChI=1S/C15H16O/c16-15-11-10-14(12-15)9-5-4-8-13-6-2-1-3-7-13/h1-9,14H,10-12H2/b8-4+,9-5+. The number of allylic oxidation sites excluding steroid dienone is 3. The molecule has 1 unspecified atom stereocenters. The average Bonchev–Trinajstić information content (AvgIpc) is 2.72. The summed E-state index contributed by atoms with van der Waals surface area (Å²) in [6.07, 6.45) is 10.8. The van der Waals surface area contributed by atoms with Crippen molar-refractivity contribution in [2.24, 2.45) is 5.92 Å². The molecule has 1 nitrogen and oxygen atoms in total. The van der Waals surface area contributed by atoms with E-state index in [0.717, 1.165) is 19.3 Å². The lowest BCUT2D eigenvalue weighted by molar-refractivity contribution is -0.117. The van der Waals surface area contributed by atoms with Crippen LogP contribution in [0.2, 0.25) is 0 Å². The molecule has 0 heterocycles. The van der Waals surface area contributed by atoms with Crippen molar-refractivity contribution in [3.05, 3.63) is 54.1 Å². The monoisotopic (exact) mass is 212 g/mol. The first-order valence-electron chi connectivity index (χ1n) is 5.76. The molecule has 1 heteroatoms. The highest BCUT2D eigenvalue weighted by atomic mass is 16.1. The van der Waals surface area contributed by atoms with Gasteiger partial charge in [0, 0.05) is 12.8 Å². The first-order valence-corrected chi connectivity index (χ1v) is 5.76. The van der Waals surface area contributed by atoms with E-state index in [0.29, 0.717) is 11.7 Å². The van der Waals surface area contributed by atoms with Crippen LogP contribution in [0.3, 0.4) is 0 Å². The van der Waals surface area contributed by atoms with Crippen molar-refractivity contribution in [1.82, 2.24) is 0 Å². The molecule has 0 radical (unpaired) electrons. The summed E-state index contributed by atoms with van der Waals surface area (Å²) in [5, 5.41) is 0. The van der Waals surface area contributed by atoms with Gasteiger partial charge >= 0.3 is 0 Å². The van der Waals surface area contributed by atoms with Crippen molar-refractivity contribution in [2.45, 2.75) is 19.3 Å². The second-order valence-corrected chi connectivity index (χ2v) is 4.20. The SMILES string of the molecule is O=C1CCC(/C=C/C=C/c2ccccc2)C1. The number of rotatable bonds is 3. The number of carbonyl (C=O) groups excluding carboxylic acids is 1. The van der Waals surface area contributed by atoms with Gasteiger partial charge in [0.05, 0.1) is 0 Å². The predicted molar refractivity (Wildman–Crippen MR) is 67.0 cm³/mol. The van der Waals surface area contributed by atoms with Crippen LogP contribution >= 0.6 is 0 Å². The number of hydrogen-bond acceptors (Lipinski definition) is 1. The third kappa shape index (κ3) is 3.20. The number of Topliss-reactive ketones (excluding diaryl/α,β-unsaturated/α-hetero) is 1. The van der Waals surface area contributed by atoms with Crippen LogP contribution in [0.25, 0.3) is 6.08 Å². The largest absolute Gasteiger partial charge is 0.300 e. The fraction of sp³-hybridized carbons (Fsp3) is 0.267. The van der Waals surface area contributed by atoms with Crippen LogP contribution in [0, 0.1) is 5.92 Å². The molecule has 0 aromatic heterocycles. The number of benzene rings is 1. The summed E-state index contributed by atoms with van der Waals surface area (Å²) in [6, 6.07) is 10.2. The van der Waals surface area contributed by atoms with Crippen molar-refractivity contribution in [3.63, 3.8) is 0 Å². The van der Waals surface area contributed by atoms with Gasteiger partial charge in [-0.3, -0.25) is 4.79 Å². The van der Waals surface area contributed by atoms with Crippen molar-refractivity contribution in [1.29, 1.82) is 0 Å². The topological polar surface area (TPSA) is 17.1 Å². The number of hydrogen-bond donors (Lipinski definition) is 0. The van der Waals surface area contributed by atoms with Gasteiger partial charge in [-0.2, -0.15) is 0 Å². The Morgan fingerprint density at radius 3 is 2.62 bits per heavy atom. The van der Waals surface area contributed by atoms with Crippen LogP contribution in [0.15, 0.2) is 48.6 Å². The second-order valence-electron chi connectivity index (χ2n) is 4.20. The van der Waals surface area contributed by atoms with Crippen molar-refractivity contribution >= 4 is 11.9 Å². The van der Waals surface area contributed by atoms with E-state index in [1.54, 1.807) is 0 Å². The highest BCUT2D eigenvalue weighted by molar-refractivity contribution is 5.80. The zero-order chi connectivity index (χ0) is 11.2. The molecule has 82 valence electrons. The quantitative estimate of drug-likeness (QED) is 0.699. The van der Waals surface area contributed by atoms with Gasteiger partial charge in [-0.05, 0) is 17.9 Å². The molecule has 1 atom stereocenters. The molecule has 1 aliphatic carbocycles. The summed E-state index contributed by atoms with van der Waals surface area (Å²) < 4.78 is 0. The summed E-state index contributed by atoms with van der Waals surface area (Å²) in [4.78, 5) is 11.1. The van der Waals surface area contributed by atoms with Crippen molar-refractivity contribution in [2.75, 3.05) is 0 Å². The molecule has 1 fully saturated rings. The first-order chi connectivity index (χ1) is 7.84. The molecule has 0 amide bonds. The highest BCUT2D eigenvalue weighted by Crippen LogP contribution is 2.22. The normalized spacial score (nSPS) is 21.2. The molecule has 1 aromatic carbocycles. The number of carbonyl (C=O) groups is 1. The molecular formula is C15H16O. The van der Waals surface area contributed by atoms with Crippen molar-refractivity contribution in [3.8, 4) is 0 Å². The maximum absolute atomic E-state index is 11.1. The first kappa shape index (κ1) is 10.9. The molecule has 0 aliphatic heterocycles. The van der Waals surface area contributed by atoms with E-state index in [1.165, 1.54) is 5.56 Å². The molecule has 16 heavy (non-hydrogen) atoms. The molecule has 0 spiro atoms. The predicted octanol–water partition coefficient (Wildman–Crippen LogP) is 3.63. The van der Waals surface area contributed by atoms with E-state index < -0.39 is 0 Å². The van der Waals surface area contributed by atoms with Gasteiger partial charge in [-0.25, -0.2) is 0 Å². The smallest absolute Gasteiger partial charge is 0.133 e. The second kappa shape index (κ2) is 5.45. The van der Waals surface area contributed by atoms with Gasteiger partial charge in [0.25, 0.3) is 0 Å². The fourth-order valence-electron chi connectivity index (χ4n) is 1.96. The fourth-order valence-corrected chi connectivity index (χ4v) is 1.96. The third-order valence-corrected chi connectivity index (χ3v) is 2.87. The van der Waals surface area contributed by atoms with Gasteiger partial charge in [0.2, 0.25) is 0 Å².